The SMILES string of the molecule is CCOc1ccc(NC2=Nc3ccccc3N3C2=Nc2c(c(C)nn2-c2ccccc2)[C@@H]3c2ccc(C(C)(C)C)cc2)cc1. The van der Waals surface area contributed by atoms with Crippen molar-refractivity contribution in [1.29, 1.82) is 0 Å². The number of aliphatic imine (C=N–C) groups is 2. The number of nitrogens with zero attached hydrogens (tertiary/aromatic N) is 5. The van der Waals surface area contributed by atoms with Gasteiger partial charge in [-0.15, -0.1) is 0 Å². The maximum Gasteiger partial charge on any atom is 0.179 e. The van der Waals surface area contributed by atoms with Crippen LogP contribution in [0.3, 0.4) is 0 Å². The van der Waals surface area contributed by atoms with E-state index in [1.54, 1.807) is 0 Å². The van der Waals surface area contributed by atoms with Gasteiger partial charge in [-0.05, 0) is 78.9 Å². The first-order chi connectivity index (χ1) is 21.3. The highest BCUT2D eigenvalue weighted by Crippen LogP contribution is 2.48. The maximum absolute atomic E-state index is 5.67. The summed E-state index contributed by atoms with van der Waals surface area (Å²) in [7, 11) is 0. The van der Waals surface area contributed by atoms with Gasteiger partial charge in [-0.1, -0.05) is 75.4 Å². The molecule has 0 saturated heterocycles. The normalized spacial score (nSPS) is 15.5. The average Bonchev–Trinajstić information content (AvgIpc) is 3.37. The van der Waals surface area contributed by atoms with Gasteiger partial charge in [0.05, 0.1) is 35.4 Å². The molecule has 1 aromatic heterocycles. The van der Waals surface area contributed by atoms with Crippen LogP contribution in [0.1, 0.15) is 56.1 Å². The largest absolute Gasteiger partial charge is 0.494 e. The standard InChI is InChI=1S/C37H36N6O/c1-6-44-29-22-20-27(21-23-29)38-34-36-40-35-32(24(2)41-43(35)28-12-8-7-9-13-28)33(25-16-18-26(19-17-25)37(3,4)5)42(36)31-15-11-10-14-30(31)39-34/h7-23,33H,6H2,1-5H3,(H,38,39)/t33-/m0/s1. The van der Waals surface area contributed by atoms with Gasteiger partial charge >= 0.3 is 0 Å². The van der Waals surface area contributed by atoms with Crippen molar-refractivity contribution < 1.29 is 4.74 Å². The molecule has 2 aliphatic heterocycles. The molecule has 0 aliphatic carbocycles. The molecule has 5 aromatic rings. The fraction of sp³-hybridized carbons (Fsp3) is 0.216. The van der Waals surface area contributed by atoms with E-state index in [-0.39, 0.29) is 11.5 Å². The molecule has 2 aliphatic rings. The fourth-order valence-corrected chi connectivity index (χ4v) is 5.97. The van der Waals surface area contributed by atoms with E-state index in [2.05, 4.69) is 92.5 Å². The lowest BCUT2D eigenvalue weighted by molar-refractivity contribution is 0.340. The molecule has 0 spiro atoms. The number of nitrogens with one attached hydrogen (secondary N) is 1. The molecule has 0 radical (unpaired) electrons. The summed E-state index contributed by atoms with van der Waals surface area (Å²) in [5.41, 5.74) is 8.29. The molecular weight excluding hydrogens is 544 g/mol. The van der Waals surface area contributed by atoms with Crippen LogP contribution in [0.2, 0.25) is 0 Å². The Labute approximate surface area is 258 Å². The van der Waals surface area contributed by atoms with E-state index in [1.165, 1.54) is 11.1 Å². The predicted octanol–water partition coefficient (Wildman–Crippen LogP) is 8.67. The van der Waals surface area contributed by atoms with Crippen LogP contribution in [0.4, 0.5) is 22.9 Å². The highest BCUT2D eigenvalue weighted by atomic mass is 16.5. The van der Waals surface area contributed by atoms with Crippen molar-refractivity contribution in [2.45, 2.75) is 46.1 Å². The first-order valence-electron chi connectivity index (χ1n) is 15.1. The minimum absolute atomic E-state index is 0.0518. The number of benzene rings is 4. The van der Waals surface area contributed by atoms with Crippen molar-refractivity contribution in [2.75, 3.05) is 16.8 Å². The first-order valence-corrected chi connectivity index (χ1v) is 15.1. The average molecular weight is 581 g/mol. The third kappa shape index (κ3) is 4.84. The van der Waals surface area contributed by atoms with Crippen molar-refractivity contribution in [2.24, 2.45) is 9.98 Å². The summed E-state index contributed by atoms with van der Waals surface area (Å²) in [6.07, 6.45) is 0. The second kappa shape index (κ2) is 10.8. The molecule has 1 N–H and O–H groups in total. The van der Waals surface area contributed by atoms with Gasteiger partial charge in [-0.2, -0.15) is 5.10 Å². The Bertz CT molecular complexity index is 1880. The van der Waals surface area contributed by atoms with Crippen LogP contribution in [0.15, 0.2) is 113 Å². The molecular formula is C37H36N6O. The molecule has 0 amide bonds. The van der Waals surface area contributed by atoms with Gasteiger partial charge in [-0.3, -0.25) is 0 Å². The Morgan fingerprint density at radius 3 is 2.23 bits per heavy atom. The molecule has 1 atom stereocenters. The van der Waals surface area contributed by atoms with Crippen LogP contribution in [0.5, 0.6) is 5.75 Å². The third-order valence-corrected chi connectivity index (χ3v) is 8.16. The summed E-state index contributed by atoms with van der Waals surface area (Å²) >= 11 is 0. The highest BCUT2D eigenvalue weighted by molar-refractivity contribution is 6.51. The number of ether oxygens (including phenoxy) is 1. The van der Waals surface area contributed by atoms with Gasteiger partial charge in [0, 0.05) is 11.3 Å². The number of hydrogen-bond donors (Lipinski definition) is 1. The fourth-order valence-electron chi connectivity index (χ4n) is 5.97. The quantitative estimate of drug-likeness (QED) is 0.226. The van der Waals surface area contributed by atoms with Crippen LogP contribution >= 0.6 is 0 Å². The molecule has 0 unspecified atom stereocenters. The Morgan fingerprint density at radius 1 is 0.818 bits per heavy atom. The minimum Gasteiger partial charge on any atom is -0.494 e. The number of hydrogen-bond acceptors (Lipinski definition) is 6. The number of anilines is 2. The van der Waals surface area contributed by atoms with E-state index >= 15 is 0 Å². The predicted molar refractivity (Wildman–Crippen MR) is 180 cm³/mol. The van der Waals surface area contributed by atoms with E-state index in [9.17, 15) is 0 Å². The van der Waals surface area contributed by atoms with Gasteiger partial charge < -0.3 is 15.0 Å². The molecule has 7 heteroatoms. The number of aryl methyl sites for hydroxylation is 1. The van der Waals surface area contributed by atoms with Crippen LogP contribution < -0.4 is 15.0 Å². The molecule has 0 fully saturated rings. The van der Waals surface area contributed by atoms with Crippen LogP contribution in [0.25, 0.3) is 5.69 Å². The molecule has 0 bridgehead atoms. The lowest BCUT2D eigenvalue weighted by Crippen LogP contribution is -2.46. The minimum atomic E-state index is -0.169. The monoisotopic (exact) mass is 580 g/mol. The Balaban J connectivity index is 1.43. The molecule has 44 heavy (non-hydrogen) atoms. The third-order valence-electron chi connectivity index (χ3n) is 8.16. The summed E-state index contributed by atoms with van der Waals surface area (Å²) in [4.78, 5) is 12.8. The van der Waals surface area contributed by atoms with Gasteiger partial charge in [-0.25, -0.2) is 14.7 Å². The van der Waals surface area contributed by atoms with Gasteiger partial charge in [0.2, 0.25) is 0 Å². The van der Waals surface area contributed by atoms with E-state index < -0.39 is 0 Å². The summed E-state index contributed by atoms with van der Waals surface area (Å²) in [6, 6.07) is 35.3. The van der Waals surface area contributed by atoms with Crippen LogP contribution in [0, 0.1) is 6.92 Å². The zero-order valence-corrected chi connectivity index (χ0v) is 25.7. The maximum atomic E-state index is 5.67. The molecule has 7 nitrogen and oxygen atoms in total. The number of rotatable bonds is 5. The van der Waals surface area contributed by atoms with Crippen molar-refractivity contribution in [3.63, 3.8) is 0 Å². The van der Waals surface area contributed by atoms with Crippen LogP contribution in [-0.2, 0) is 5.41 Å². The van der Waals surface area contributed by atoms with Crippen LogP contribution in [-0.4, -0.2) is 28.1 Å². The topological polar surface area (TPSA) is 67.0 Å². The van der Waals surface area contributed by atoms with Crippen molar-refractivity contribution in [3.8, 4) is 11.4 Å². The Kier molecular flexibility index (Phi) is 6.81. The Hall–Kier alpha value is -5.17. The van der Waals surface area contributed by atoms with E-state index in [0.29, 0.717) is 12.4 Å². The molecule has 4 aromatic carbocycles. The lowest BCUT2D eigenvalue weighted by atomic mass is 9.85. The second-order valence-electron chi connectivity index (χ2n) is 12.2. The summed E-state index contributed by atoms with van der Waals surface area (Å²) in [5, 5.41) is 8.63. The first kappa shape index (κ1) is 27.7. The van der Waals surface area contributed by atoms with Gasteiger partial charge in [0.1, 0.15) is 5.75 Å². The number of fused-ring (bicyclic) bond motifs is 4. The number of aromatic nitrogens is 2. The zero-order chi connectivity index (χ0) is 30.4. The van der Waals surface area contributed by atoms with Crippen molar-refractivity contribution >= 4 is 34.6 Å². The summed E-state index contributed by atoms with van der Waals surface area (Å²) in [5.74, 6) is 3.06. The zero-order valence-electron chi connectivity index (χ0n) is 25.7. The lowest BCUT2D eigenvalue weighted by Gasteiger charge is -2.40. The number of amidine groups is 2. The molecule has 7 rings (SSSR count). The summed E-state index contributed by atoms with van der Waals surface area (Å²) in [6.45, 7) is 11.4. The highest BCUT2D eigenvalue weighted by Gasteiger charge is 2.41. The van der Waals surface area contributed by atoms with Gasteiger partial charge in [0.15, 0.2) is 17.5 Å². The second-order valence-corrected chi connectivity index (χ2v) is 12.2. The van der Waals surface area contributed by atoms with Crippen molar-refractivity contribution in [3.05, 3.63) is 126 Å². The van der Waals surface area contributed by atoms with E-state index in [4.69, 9.17) is 19.8 Å². The molecule has 220 valence electrons. The molecule has 3 heterocycles. The Morgan fingerprint density at radius 2 is 1.52 bits per heavy atom. The summed E-state index contributed by atoms with van der Waals surface area (Å²) < 4.78 is 7.63. The van der Waals surface area contributed by atoms with Crippen molar-refractivity contribution in [1.82, 2.24) is 9.78 Å². The van der Waals surface area contributed by atoms with Gasteiger partial charge in [0.25, 0.3) is 0 Å². The smallest absolute Gasteiger partial charge is 0.179 e. The van der Waals surface area contributed by atoms with E-state index in [0.717, 1.165) is 51.4 Å². The number of para-hydroxylation sites is 3. The van der Waals surface area contributed by atoms with E-state index in [1.807, 2.05) is 60.1 Å². The molecule has 0 saturated carbocycles.